The number of hydrogen-bond donors (Lipinski definition) is 1. The van der Waals surface area contributed by atoms with Gasteiger partial charge in [0.2, 0.25) is 0 Å². The van der Waals surface area contributed by atoms with Crippen LogP contribution in [0.15, 0.2) is 66.0 Å². The van der Waals surface area contributed by atoms with Crippen LogP contribution in [0.4, 0.5) is 11.4 Å². The maximum absolute atomic E-state index is 12.1. The van der Waals surface area contributed by atoms with Crippen molar-refractivity contribution < 1.29 is 14.3 Å². The van der Waals surface area contributed by atoms with Gasteiger partial charge < -0.3 is 15.0 Å². The number of piperazine rings is 1. The Morgan fingerprint density at radius 3 is 2.34 bits per heavy atom. The van der Waals surface area contributed by atoms with E-state index in [1.807, 2.05) is 48.7 Å². The van der Waals surface area contributed by atoms with E-state index in [1.165, 1.54) is 16.9 Å². The van der Waals surface area contributed by atoms with Gasteiger partial charge in [-0.1, -0.05) is 30.3 Å². The van der Waals surface area contributed by atoms with Crippen LogP contribution in [-0.4, -0.2) is 49.6 Å². The third-order valence-electron chi connectivity index (χ3n) is 5.52. The molecule has 3 aromatic rings. The Bertz CT molecular complexity index is 1040. The van der Waals surface area contributed by atoms with Crippen molar-refractivity contribution in [2.75, 3.05) is 43.0 Å². The van der Waals surface area contributed by atoms with Crippen LogP contribution in [0.5, 0.6) is 0 Å². The molecule has 1 aromatic heterocycles. The third kappa shape index (κ3) is 5.75. The first kappa shape index (κ1) is 22.0. The Balaban J connectivity index is 1.22. The number of thiophene rings is 1. The highest BCUT2D eigenvalue weighted by Gasteiger charge is 2.18. The maximum atomic E-state index is 12.1. The summed E-state index contributed by atoms with van der Waals surface area (Å²) in [6.07, 6.45) is 0. The average Bonchev–Trinajstić information content (AvgIpc) is 3.25. The molecule has 1 aliphatic heterocycles. The number of esters is 1. The first-order chi connectivity index (χ1) is 15.6. The van der Waals surface area contributed by atoms with E-state index in [4.69, 9.17) is 4.74 Å². The zero-order valence-corrected chi connectivity index (χ0v) is 18.9. The van der Waals surface area contributed by atoms with Crippen molar-refractivity contribution in [3.05, 3.63) is 82.0 Å². The topological polar surface area (TPSA) is 61.9 Å². The SMILES string of the molecule is Cc1ccsc1C(=O)OCC(=O)Nc1ccc(N2CCN(Cc3ccccc3)CC2)cc1. The van der Waals surface area contributed by atoms with Gasteiger partial charge in [-0.15, -0.1) is 11.3 Å². The summed E-state index contributed by atoms with van der Waals surface area (Å²) in [5.41, 5.74) is 4.03. The predicted molar refractivity (Wildman–Crippen MR) is 128 cm³/mol. The summed E-state index contributed by atoms with van der Waals surface area (Å²) in [5.74, 6) is -0.816. The highest BCUT2D eigenvalue weighted by Crippen LogP contribution is 2.20. The molecule has 2 aromatic carbocycles. The van der Waals surface area contributed by atoms with E-state index < -0.39 is 5.97 Å². The van der Waals surface area contributed by atoms with Gasteiger partial charge in [-0.05, 0) is 53.8 Å². The van der Waals surface area contributed by atoms with Gasteiger partial charge in [-0.3, -0.25) is 9.69 Å². The van der Waals surface area contributed by atoms with Crippen molar-refractivity contribution in [3.8, 4) is 0 Å². The molecule has 0 radical (unpaired) electrons. The van der Waals surface area contributed by atoms with E-state index in [9.17, 15) is 9.59 Å². The van der Waals surface area contributed by atoms with Crippen molar-refractivity contribution >= 4 is 34.6 Å². The molecule has 1 N–H and O–H groups in total. The summed E-state index contributed by atoms with van der Waals surface area (Å²) < 4.78 is 5.12. The Hall–Kier alpha value is -3.16. The Morgan fingerprint density at radius 2 is 1.69 bits per heavy atom. The summed E-state index contributed by atoms with van der Waals surface area (Å²) >= 11 is 1.31. The molecule has 0 saturated carbocycles. The number of hydrogen-bond acceptors (Lipinski definition) is 6. The second kappa shape index (κ2) is 10.4. The summed E-state index contributed by atoms with van der Waals surface area (Å²) in [7, 11) is 0. The normalized spacial score (nSPS) is 14.2. The number of carbonyl (C=O) groups excluding carboxylic acids is 2. The average molecular weight is 450 g/mol. The number of benzene rings is 2. The van der Waals surface area contributed by atoms with Gasteiger partial charge in [0.25, 0.3) is 5.91 Å². The number of amides is 1. The molecule has 1 amide bonds. The van der Waals surface area contributed by atoms with Crippen LogP contribution in [0.3, 0.4) is 0 Å². The van der Waals surface area contributed by atoms with Gasteiger partial charge in [0, 0.05) is 44.1 Å². The van der Waals surface area contributed by atoms with E-state index in [-0.39, 0.29) is 12.5 Å². The van der Waals surface area contributed by atoms with Crippen molar-refractivity contribution in [3.63, 3.8) is 0 Å². The van der Waals surface area contributed by atoms with Gasteiger partial charge in [-0.2, -0.15) is 0 Å². The molecule has 1 saturated heterocycles. The summed E-state index contributed by atoms with van der Waals surface area (Å²) in [5, 5.41) is 4.61. The van der Waals surface area contributed by atoms with Crippen molar-refractivity contribution in [1.29, 1.82) is 0 Å². The van der Waals surface area contributed by atoms with E-state index in [1.54, 1.807) is 0 Å². The zero-order chi connectivity index (χ0) is 22.3. The number of ether oxygens (including phenoxy) is 1. The van der Waals surface area contributed by atoms with Crippen LogP contribution in [0.1, 0.15) is 20.8 Å². The van der Waals surface area contributed by atoms with Gasteiger partial charge in [-0.25, -0.2) is 4.79 Å². The van der Waals surface area contributed by atoms with Gasteiger partial charge in [0.1, 0.15) is 4.88 Å². The number of carbonyl (C=O) groups is 2. The van der Waals surface area contributed by atoms with Crippen LogP contribution in [0, 0.1) is 6.92 Å². The minimum atomic E-state index is -0.464. The molecule has 32 heavy (non-hydrogen) atoms. The van der Waals surface area contributed by atoms with Crippen LogP contribution in [0.2, 0.25) is 0 Å². The molecule has 166 valence electrons. The standard InChI is InChI=1S/C25H27N3O3S/c1-19-11-16-32-24(19)25(30)31-18-23(29)26-21-7-9-22(10-8-21)28-14-12-27(13-15-28)17-20-5-3-2-4-6-20/h2-11,16H,12-15,17-18H2,1H3,(H,26,29). The lowest BCUT2D eigenvalue weighted by atomic mass is 10.2. The molecule has 0 unspecified atom stereocenters. The first-order valence-corrected chi connectivity index (χ1v) is 11.6. The largest absolute Gasteiger partial charge is 0.451 e. The minimum absolute atomic E-state index is 0.304. The molecule has 4 rings (SSSR count). The monoisotopic (exact) mass is 449 g/mol. The molecular weight excluding hydrogens is 422 g/mol. The third-order valence-corrected chi connectivity index (χ3v) is 6.52. The van der Waals surface area contributed by atoms with E-state index in [0.717, 1.165) is 44.0 Å². The number of nitrogens with zero attached hydrogens (tertiary/aromatic N) is 2. The summed E-state index contributed by atoms with van der Waals surface area (Å²) in [6.45, 7) is 6.49. The molecule has 2 heterocycles. The van der Waals surface area contributed by atoms with Gasteiger partial charge in [0.15, 0.2) is 6.61 Å². The van der Waals surface area contributed by atoms with Gasteiger partial charge >= 0.3 is 5.97 Å². The molecule has 0 spiro atoms. The van der Waals surface area contributed by atoms with Crippen LogP contribution < -0.4 is 10.2 Å². The number of anilines is 2. The highest BCUT2D eigenvalue weighted by molar-refractivity contribution is 7.12. The quantitative estimate of drug-likeness (QED) is 0.549. The summed E-state index contributed by atoms with van der Waals surface area (Å²) in [6, 6.07) is 20.2. The fraction of sp³-hybridized carbons (Fsp3) is 0.280. The highest BCUT2D eigenvalue weighted by atomic mass is 32.1. The Kier molecular flexibility index (Phi) is 7.19. The maximum Gasteiger partial charge on any atom is 0.349 e. The fourth-order valence-corrected chi connectivity index (χ4v) is 4.55. The van der Waals surface area contributed by atoms with E-state index >= 15 is 0 Å². The van der Waals surface area contributed by atoms with Crippen molar-refractivity contribution in [2.45, 2.75) is 13.5 Å². The Morgan fingerprint density at radius 1 is 0.969 bits per heavy atom. The molecule has 0 atom stereocenters. The molecule has 0 aliphatic carbocycles. The van der Waals surface area contributed by atoms with Crippen LogP contribution in [0.25, 0.3) is 0 Å². The number of nitrogens with one attached hydrogen (secondary N) is 1. The molecule has 1 aliphatic rings. The minimum Gasteiger partial charge on any atom is -0.451 e. The van der Waals surface area contributed by atoms with Crippen molar-refractivity contribution in [2.24, 2.45) is 0 Å². The molecular formula is C25H27N3O3S. The zero-order valence-electron chi connectivity index (χ0n) is 18.1. The number of aryl methyl sites for hydroxylation is 1. The van der Waals surface area contributed by atoms with E-state index in [2.05, 4.69) is 39.4 Å². The first-order valence-electron chi connectivity index (χ1n) is 10.7. The van der Waals surface area contributed by atoms with Crippen LogP contribution in [-0.2, 0) is 16.1 Å². The second-order valence-corrected chi connectivity index (χ2v) is 8.77. The molecule has 0 bridgehead atoms. The lowest BCUT2D eigenvalue weighted by Crippen LogP contribution is -2.45. The van der Waals surface area contributed by atoms with E-state index in [0.29, 0.717) is 10.6 Å². The van der Waals surface area contributed by atoms with Gasteiger partial charge in [0.05, 0.1) is 0 Å². The number of rotatable bonds is 7. The lowest BCUT2D eigenvalue weighted by Gasteiger charge is -2.36. The molecule has 6 nitrogen and oxygen atoms in total. The molecule has 1 fully saturated rings. The second-order valence-electron chi connectivity index (χ2n) is 7.85. The summed E-state index contributed by atoms with van der Waals surface area (Å²) in [4.78, 5) is 29.5. The van der Waals surface area contributed by atoms with Crippen LogP contribution >= 0.6 is 11.3 Å². The molecule has 7 heteroatoms. The smallest absolute Gasteiger partial charge is 0.349 e. The fourth-order valence-electron chi connectivity index (χ4n) is 3.74. The Labute approximate surface area is 192 Å². The predicted octanol–water partition coefficient (Wildman–Crippen LogP) is 4.17. The lowest BCUT2D eigenvalue weighted by molar-refractivity contribution is -0.119. The van der Waals surface area contributed by atoms with Crippen molar-refractivity contribution in [1.82, 2.24) is 4.90 Å².